The number of nitrogens with two attached hydrogens (primary N) is 1. The van der Waals surface area contributed by atoms with Crippen molar-refractivity contribution in [2.24, 2.45) is 0 Å². The van der Waals surface area contributed by atoms with Crippen LogP contribution in [0.1, 0.15) is 18.2 Å². The Morgan fingerprint density at radius 3 is 2.39 bits per heavy atom. The third-order valence-electron chi connectivity index (χ3n) is 2.97. The van der Waals surface area contributed by atoms with E-state index in [0.717, 1.165) is 23.2 Å². The Bertz CT molecular complexity index is 550. The molecular weight excluding hydrogens is 242 g/mol. The molecule has 1 aromatic carbocycles. The van der Waals surface area contributed by atoms with E-state index in [2.05, 4.69) is 35.3 Å². The van der Waals surface area contributed by atoms with Crippen molar-refractivity contribution in [3.63, 3.8) is 0 Å². The van der Waals surface area contributed by atoms with Crippen LogP contribution in [0.25, 0.3) is 11.4 Å². The molecule has 0 atom stereocenters. The number of hydrogen-bond acceptors (Lipinski definition) is 4. The van der Waals surface area contributed by atoms with Crippen LogP contribution in [-0.2, 0) is 6.42 Å². The molecule has 0 saturated carbocycles. The van der Waals surface area contributed by atoms with Gasteiger partial charge in [0, 0.05) is 21.7 Å². The first kappa shape index (κ1) is 12.9. The Morgan fingerprint density at radius 1 is 1.17 bits per heavy atom. The number of rotatable bonds is 3. The van der Waals surface area contributed by atoms with Crippen molar-refractivity contribution < 1.29 is 0 Å². The molecule has 2 aromatic rings. The van der Waals surface area contributed by atoms with E-state index >= 15 is 0 Å². The topological polar surface area (TPSA) is 51.8 Å². The van der Waals surface area contributed by atoms with E-state index < -0.39 is 0 Å². The fraction of sp³-hybridized carbons (Fsp3) is 0.286. The summed E-state index contributed by atoms with van der Waals surface area (Å²) in [6, 6.07) is 8.22. The van der Waals surface area contributed by atoms with Crippen LogP contribution in [0.5, 0.6) is 0 Å². The molecule has 94 valence electrons. The van der Waals surface area contributed by atoms with Gasteiger partial charge in [-0.25, -0.2) is 9.97 Å². The van der Waals surface area contributed by atoms with Gasteiger partial charge in [0.15, 0.2) is 5.82 Å². The molecule has 2 rings (SSSR count). The average Bonchev–Trinajstić information content (AvgIpc) is 2.42. The second kappa shape index (κ2) is 5.40. The highest BCUT2D eigenvalue weighted by Crippen LogP contribution is 2.23. The van der Waals surface area contributed by atoms with Crippen molar-refractivity contribution in [2.45, 2.75) is 25.2 Å². The number of anilines is 1. The first-order chi connectivity index (χ1) is 8.65. The largest absolute Gasteiger partial charge is 0.383 e. The molecule has 0 spiro atoms. The highest BCUT2D eigenvalue weighted by molar-refractivity contribution is 7.98. The van der Waals surface area contributed by atoms with Crippen molar-refractivity contribution >= 4 is 17.6 Å². The van der Waals surface area contributed by atoms with E-state index in [1.807, 2.05) is 19.1 Å². The molecule has 4 heteroatoms. The second-order valence-electron chi connectivity index (χ2n) is 4.09. The Kier molecular flexibility index (Phi) is 3.87. The smallest absolute Gasteiger partial charge is 0.161 e. The molecule has 0 amide bonds. The van der Waals surface area contributed by atoms with Gasteiger partial charge in [-0.2, -0.15) is 0 Å². The van der Waals surface area contributed by atoms with E-state index in [4.69, 9.17) is 5.73 Å². The number of aryl methyl sites for hydroxylation is 1. The lowest BCUT2D eigenvalue weighted by molar-refractivity contribution is 0.982. The summed E-state index contributed by atoms with van der Waals surface area (Å²) in [7, 11) is 0. The monoisotopic (exact) mass is 259 g/mol. The summed E-state index contributed by atoms with van der Waals surface area (Å²) < 4.78 is 0. The summed E-state index contributed by atoms with van der Waals surface area (Å²) in [4.78, 5) is 10.2. The molecule has 3 nitrogen and oxygen atoms in total. The predicted octanol–water partition coefficient (Wildman–Crippen LogP) is 3.32. The Morgan fingerprint density at radius 2 is 1.83 bits per heavy atom. The van der Waals surface area contributed by atoms with E-state index in [-0.39, 0.29) is 0 Å². The third-order valence-corrected chi connectivity index (χ3v) is 3.71. The predicted molar refractivity (Wildman–Crippen MR) is 77.8 cm³/mol. The first-order valence-corrected chi connectivity index (χ1v) is 7.15. The van der Waals surface area contributed by atoms with Gasteiger partial charge in [-0.15, -0.1) is 11.8 Å². The van der Waals surface area contributed by atoms with E-state index in [0.29, 0.717) is 11.6 Å². The maximum atomic E-state index is 5.94. The van der Waals surface area contributed by atoms with Crippen LogP contribution in [0.2, 0.25) is 0 Å². The number of nitrogen functional groups attached to an aromatic ring is 1. The van der Waals surface area contributed by atoms with E-state index in [1.165, 1.54) is 4.90 Å². The van der Waals surface area contributed by atoms with Gasteiger partial charge < -0.3 is 5.73 Å². The number of hydrogen-bond donors (Lipinski definition) is 1. The van der Waals surface area contributed by atoms with Crippen molar-refractivity contribution in [3.8, 4) is 11.4 Å². The molecule has 1 heterocycles. The normalized spacial score (nSPS) is 10.6. The minimum atomic E-state index is 0.575. The van der Waals surface area contributed by atoms with Crippen LogP contribution >= 0.6 is 11.8 Å². The molecule has 0 fully saturated rings. The zero-order valence-corrected chi connectivity index (χ0v) is 11.7. The lowest BCUT2D eigenvalue weighted by Gasteiger charge is -2.08. The van der Waals surface area contributed by atoms with E-state index in [9.17, 15) is 0 Å². The van der Waals surface area contributed by atoms with Gasteiger partial charge in [-0.3, -0.25) is 0 Å². The molecule has 0 bridgehead atoms. The van der Waals surface area contributed by atoms with E-state index in [1.54, 1.807) is 11.8 Å². The molecule has 1 aromatic heterocycles. The molecule has 2 N–H and O–H groups in total. The minimum absolute atomic E-state index is 0.575. The number of nitrogens with zero attached hydrogens (tertiary/aromatic N) is 2. The van der Waals surface area contributed by atoms with Gasteiger partial charge in [0.2, 0.25) is 0 Å². The van der Waals surface area contributed by atoms with Gasteiger partial charge in [0.25, 0.3) is 0 Å². The fourth-order valence-corrected chi connectivity index (χ4v) is 2.20. The highest BCUT2D eigenvalue weighted by atomic mass is 32.2. The first-order valence-electron chi connectivity index (χ1n) is 5.93. The maximum absolute atomic E-state index is 5.94. The summed E-state index contributed by atoms with van der Waals surface area (Å²) in [5, 5.41) is 0. The van der Waals surface area contributed by atoms with Gasteiger partial charge in [-0.1, -0.05) is 19.1 Å². The summed E-state index contributed by atoms with van der Waals surface area (Å²) in [6.07, 6.45) is 2.93. The fourth-order valence-electron chi connectivity index (χ4n) is 1.80. The van der Waals surface area contributed by atoms with Gasteiger partial charge >= 0.3 is 0 Å². The van der Waals surface area contributed by atoms with Gasteiger partial charge in [0.05, 0.1) is 0 Å². The van der Waals surface area contributed by atoms with Crippen molar-refractivity contribution in [1.82, 2.24) is 9.97 Å². The standard InChI is InChI=1S/C14H17N3S/c1-4-12-9(2)13(15)17-14(16-12)10-5-7-11(18-3)8-6-10/h5-8H,4H2,1-3H3,(H2,15,16,17). The van der Waals surface area contributed by atoms with Crippen LogP contribution in [0.15, 0.2) is 29.2 Å². The minimum Gasteiger partial charge on any atom is -0.383 e. The lowest BCUT2D eigenvalue weighted by atomic mass is 10.1. The quantitative estimate of drug-likeness (QED) is 0.859. The van der Waals surface area contributed by atoms with Crippen molar-refractivity contribution in [1.29, 1.82) is 0 Å². The molecule has 0 unspecified atom stereocenters. The van der Waals surface area contributed by atoms with Gasteiger partial charge in [0.1, 0.15) is 5.82 Å². The molecule has 0 aliphatic carbocycles. The summed E-state index contributed by atoms with van der Waals surface area (Å²) in [5.41, 5.74) is 8.95. The van der Waals surface area contributed by atoms with Gasteiger partial charge in [-0.05, 0) is 31.7 Å². The summed E-state index contributed by atoms with van der Waals surface area (Å²) >= 11 is 1.72. The molecular formula is C14H17N3S. The average molecular weight is 259 g/mol. The summed E-state index contributed by atoms with van der Waals surface area (Å²) in [6.45, 7) is 4.05. The Hall–Kier alpha value is -1.55. The SMILES string of the molecule is CCc1nc(-c2ccc(SC)cc2)nc(N)c1C. The lowest BCUT2D eigenvalue weighted by Crippen LogP contribution is -2.04. The van der Waals surface area contributed by atoms with Crippen LogP contribution in [-0.4, -0.2) is 16.2 Å². The van der Waals surface area contributed by atoms with Crippen molar-refractivity contribution in [2.75, 3.05) is 12.0 Å². The molecule has 0 radical (unpaired) electrons. The number of aromatic nitrogens is 2. The number of benzene rings is 1. The maximum Gasteiger partial charge on any atom is 0.161 e. The third kappa shape index (κ3) is 2.48. The Labute approximate surface area is 112 Å². The zero-order chi connectivity index (χ0) is 13.1. The number of thioether (sulfide) groups is 1. The highest BCUT2D eigenvalue weighted by Gasteiger charge is 2.08. The van der Waals surface area contributed by atoms with Crippen LogP contribution < -0.4 is 5.73 Å². The molecule has 0 saturated heterocycles. The second-order valence-corrected chi connectivity index (χ2v) is 4.97. The van der Waals surface area contributed by atoms with Crippen LogP contribution in [0, 0.1) is 6.92 Å². The Balaban J connectivity index is 2.46. The molecule has 0 aliphatic rings. The van der Waals surface area contributed by atoms with Crippen molar-refractivity contribution in [3.05, 3.63) is 35.5 Å². The van der Waals surface area contributed by atoms with Crippen LogP contribution in [0.3, 0.4) is 0 Å². The zero-order valence-electron chi connectivity index (χ0n) is 10.9. The molecule has 0 aliphatic heterocycles. The molecule has 18 heavy (non-hydrogen) atoms. The summed E-state index contributed by atoms with van der Waals surface area (Å²) in [5.74, 6) is 1.29. The van der Waals surface area contributed by atoms with Crippen LogP contribution in [0.4, 0.5) is 5.82 Å².